The van der Waals surface area contributed by atoms with Crippen molar-refractivity contribution in [2.24, 2.45) is 0 Å². The Morgan fingerprint density at radius 3 is 2.02 bits per heavy atom. The third-order valence-electron chi connectivity index (χ3n) is 11.9. The van der Waals surface area contributed by atoms with Gasteiger partial charge in [0.1, 0.15) is 17.0 Å². The number of aliphatic carboxylic acids is 2. The van der Waals surface area contributed by atoms with Gasteiger partial charge in [0, 0.05) is 48.1 Å². The molecule has 1 saturated carbocycles. The molecule has 7 aromatic rings. The van der Waals surface area contributed by atoms with Gasteiger partial charge in [0.05, 0.1) is 18.4 Å². The van der Waals surface area contributed by atoms with Crippen LogP contribution in [0.2, 0.25) is 0 Å². The number of carbonyl (C=O) groups is 2. The fourth-order valence-electron chi connectivity index (χ4n) is 8.77. The number of benzene rings is 5. The maximum absolute atomic E-state index is 14.9. The number of aryl methyl sites for hydroxylation is 1. The van der Waals surface area contributed by atoms with E-state index < -0.39 is 23.7 Å². The first-order valence-corrected chi connectivity index (χ1v) is 21.2. The second kappa shape index (κ2) is 18.4. The van der Waals surface area contributed by atoms with Crippen molar-refractivity contribution in [1.82, 2.24) is 15.8 Å². The number of alkyl halides is 3. The van der Waals surface area contributed by atoms with Gasteiger partial charge in [0.2, 0.25) is 0 Å². The van der Waals surface area contributed by atoms with E-state index in [1.807, 2.05) is 42.5 Å². The Morgan fingerprint density at radius 1 is 0.710 bits per heavy atom. The smallest absolute Gasteiger partial charge is 0.417 e. The molecule has 1 aliphatic carbocycles. The summed E-state index contributed by atoms with van der Waals surface area (Å²) in [6, 6.07) is 29.4. The van der Waals surface area contributed by atoms with Crippen molar-refractivity contribution >= 4 is 33.9 Å². The molecular formula is C50H48F3N3O6. The van der Waals surface area contributed by atoms with Gasteiger partial charge in [0.25, 0.3) is 0 Å². The number of hydrogen-bond acceptors (Lipinski definition) is 7. The van der Waals surface area contributed by atoms with Gasteiger partial charge in [-0.2, -0.15) is 13.2 Å². The number of hydrogen-bond donors (Lipinski definition) is 4. The van der Waals surface area contributed by atoms with E-state index in [2.05, 4.69) is 34.8 Å². The maximum Gasteiger partial charge on any atom is 0.417 e. The molecule has 2 aromatic heterocycles. The Kier molecular flexibility index (Phi) is 12.6. The number of nitrogens with one attached hydrogen (secondary N) is 2. The second-order valence-corrected chi connectivity index (χ2v) is 16.1. The van der Waals surface area contributed by atoms with Crippen molar-refractivity contribution < 1.29 is 41.9 Å². The summed E-state index contributed by atoms with van der Waals surface area (Å²) in [5.41, 5.74) is 8.75. The lowest BCUT2D eigenvalue weighted by Crippen LogP contribution is -2.17. The molecule has 0 saturated heterocycles. The van der Waals surface area contributed by atoms with Gasteiger partial charge in [-0.15, -0.1) is 0 Å². The minimum absolute atomic E-state index is 0.0156. The molecule has 0 spiro atoms. The van der Waals surface area contributed by atoms with Crippen LogP contribution in [0.5, 0.6) is 0 Å². The van der Waals surface area contributed by atoms with Gasteiger partial charge < -0.3 is 29.8 Å². The van der Waals surface area contributed by atoms with E-state index in [0.29, 0.717) is 54.3 Å². The summed E-state index contributed by atoms with van der Waals surface area (Å²) < 4.78 is 56.6. The molecule has 8 rings (SSSR count). The number of carboxylic acids is 2. The fraction of sp³-hybridized carbons (Fsp3) is 0.300. The highest BCUT2D eigenvalue weighted by atomic mass is 19.4. The Bertz CT molecular complexity index is 2730. The maximum atomic E-state index is 14.9. The Hall–Kier alpha value is -6.24. The summed E-state index contributed by atoms with van der Waals surface area (Å²) in [6.07, 6.45) is 1.87. The van der Waals surface area contributed by atoms with E-state index in [-0.39, 0.29) is 24.0 Å². The van der Waals surface area contributed by atoms with Crippen molar-refractivity contribution in [3.63, 3.8) is 0 Å². The fourth-order valence-corrected chi connectivity index (χ4v) is 8.77. The van der Waals surface area contributed by atoms with Crippen LogP contribution in [0, 0.1) is 0 Å². The molecule has 0 bridgehead atoms. The summed E-state index contributed by atoms with van der Waals surface area (Å²) in [7, 11) is 0. The minimum Gasteiger partial charge on any atom is -0.481 e. The Morgan fingerprint density at radius 2 is 1.35 bits per heavy atom. The second-order valence-electron chi connectivity index (χ2n) is 16.1. The van der Waals surface area contributed by atoms with Gasteiger partial charge in [-0.25, -0.2) is 0 Å². The molecule has 12 heteroatoms. The van der Waals surface area contributed by atoms with Crippen LogP contribution < -0.4 is 10.6 Å². The number of halogens is 3. The zero-order valence-electron chi connectivity index (χ0n) is 34.4. The van der Waals surface area contributed by atoms with E-state index in [1.54, 1.807) is 30.3 Å². The van der Waals surface area contributed by atoms with Crippen LogP contribution in [0.25, 0.3) is 66.8 Å². The number of rotatable bonds is 16. The monoisotopic (exact) mass is 843 g/mol. The van der Waals surface area contributed by atoms with E-state index >= 15 is 0 Å². The first kappa shape index (κ1) is 42.5. The van der Waals surface area contributed by atoms with Crippen LogP contribution >= 0.6 is 0 Å². The van der Waals surface area contributed by atoms with Crippen molar-refractivity contribution in [2.45, 2.75) is 83.5 Å². The standard InChI is InChI=1S/C50H48F3N3O6/c1-2-32-24-38(44-27-37-22-30(9-17-43(37)61-44)28-54-20-18-46(57)58)25-41(48(32)35-6-4-3-5-7-35)34-12-10-33(11-13-34)39-16-14-36(26-42(39)50(51,52)53)49-40-15-8-31(23-45(40)62-56-49)29-55-21-19-47(59)60/h8-17,22-27,35,54-55H,2-7,18-21,28-29H2,1H3,(H,57,58)(H,59,60). The summed E-state index contributed by atoms with van der Waals surface area (Å²) in [4.78, 5) is 21.8. The Labute approximate surface area is 356 Å². The number of carboxylic acid groups (broad SMARTS) is 2. The predicted octanol–water partition coefficient (Wildman–Crippen LogP) is 12.0. The average molecular weight is 844 g/mol. The zero-order valence-corrected chi connectivity index (χ0v) is 34.4. The van der Waals surface area contributed by atoms with Gasteiger partial charge in [-0.3, -0.25) is 9.59 Å². The highest BCUT2D eigenvalue weighted by Crippen LogP contribution is 2.45. The molecule has 320 valence electrons. The Balaban J connectivity index is 1.11. The molecule has 9 nitrogen and oxygen atoms in total. The van der Waals surface area contributed by atoms with Crippen molar-refractivity contribution in [3.05, 3.63) is 125 Å². The molecule has 0 aliphatic heterocycles. The predicted molar refractivity (Wildman–Crippen MR) is 234 cm³/mol. The topological polar surface area (TPSA) is 138 Å². The number of fused-ring (bicyclic) bond motifs is 2. The van der Waals surface area contributed by atoms with E-state index in [4.69, 9.17) is 19.2 Å². The highest BCUT2D eigenvalue weighted by molar-refractivity contribution is 5.93. The summed E-state index contributed by atoms with van der Waals surface area (Å²) in [5, 5.41) is 29.7. The largest absolute Gasteiger partial charge is 0.481 e. The molecular weight excluding hydrogens is 796 g/mol. The van der Waals surface area contributed by atoms with Gasteiger partial charge in [-0.05, 0) is 118 Å². The lowest BCUT2D eigenvalue weighted by atomic mass is 9.77. The van der Waals surface area contributed by atoms with Crippen molar-refractivity contribution in [3.8, 4) is 44.8 Å². The van der Waals surface area contributed by atoms with Crippen LogP contribution in [0.1, 0.15) is 85.6 Å². The summed E-state index contributed by atoms with van der Waals surface area (Å²) in [6.45, 7) is 3.77. The normalized spacial score (nSPS) is 13.6. The number of furan rings is 1. The number of aromatic nitrogens is 1. The lowest BCUT2D eigenvalue weighted by molar-refractivity contribution is -0.137. The zero-order chi connectivity index (χ0) is 43.4. The average Bonchev–Trinajstić information content (AvgIpc) is 3.90. The molecule has 62 heavy (non-hydrogen) atoms. The molecule has 0 amide bonds. The van der Waals surface area contributed by atoms with Crippen LogP contribution in [-0.4, -0.2) is 40.4 Å². The highest BCUT2D eigenvalue weighted by Gasteiger charge is 2.35. The molecule has 4 N–H and O–H groups in total. The van der Waals surface area contributed by atoms with Crippen molar-refractivity contribution in [2.75, 3.05) is 13.1 Å². The van der Waals surface area contributed by atoms with E-state index in [1.165, 1.54) is 23.6 Å². The summed E-state index contributed by atoms with van der Waals surface area (Å²) in [5.74, 6) is -0.649. The summed E-state index contributed by atoms with van der Waals surface area (Å²) >= 11 is 0. The third-order valence-corrected chi connectivity index (χ3v) is 11.9. The van der Waals surface area contributed by atoms with E-state index in [9.17, 15) is 22.8 Å². The van der Waals surface area contributed by atoms with Crippen LogP contribution in [0.3, 0.4) is 0 Å². The van der Waals surface area contributed by atoms with Crippen molar-refractivity contribution in [1.29, 1.82) is 0 Å². The third kappa shape index (κ3) is 9.46. The molecule has 5 aromatic carbocycles. The molecule has 0 radical (unpaired) electrons. The quantitative estimate of drug-likeness (QED) is 0.0700. The SMILES string of the molecule is CCc1cc(-c2cc3cc(CNCCC(=O)O)ccc3o2)cc(-c2ccc(-c3ccc(-c4noc5cc(CNCCC(=O)O)ccc45)cc3C(F)(F)F)cc2)c1C1CCCCC1. The molecule has 1 aliphatic rings. The molecule has 2 heterocycles. The van der Waals surface area contributed by atoms with Gasteiger partial charge >= 0.3 is 18.1 Å². The number of nitrogens with zero attached hydrogens (tertiary/aromatic N) is 1. The first-order chi connectivity index (χ1) is 29.9. The lowest BCUT2D eigenvalue weighted by Gasteiger charge is -2.28. The van der Waals surface area contributed by atoms with Gasteiger partial charge in [-0.1, -0.05) is 79.9 Å². The van der Waals surface area contributed by atoms with Crippen LogP contribution in [0.15, 0.2) is 106 Å². The molecule has 0 unspecified atom stereocenters. The van der Waals surface area contributed by atoms with Crippen LogP contribution in [0.4, 0.5) is 13.2 Å². The molecule has 0 atom stereocenters. The minimum atomic E-state index is -4.65. The van der Waals surface area contributed by atoms with Crippen LogP contribution in [-0.2, 0) is 35.3 Å². The molecule has 1 fully saturated rings. The van der Waals surface area contributed by atoms with E-state index in [0.717, 1.165) is 82.7 Å². The van der Waals surface area contributed by atoms with Gasteiger partial charge in [0.15, 0.2) is 5.58 Å². The first-order valence-electron chi connectivity index (χ1n) is 21.2.